The van der Waals surface area contributed by atoms with Crippen LogP contribution in [0, 0.1) is 5.82 Å². The number of hydrogen-bond acceptors (Lipinski definition) is 3. The van der Waals surface area contributed by atoms with Crippen LogP contribution >= 0.6 is 0 Å². The molecule has 0 saturated carbocycles. The van der Waals surface area contributed by atoms with Crippen molar-refractivity contribution >= 4 is 5.91 Å². The molecule has 1 heterocycles. The average molecular weight is 239 g/mol. The van der Waals surface area contributed by atoms with Crippen LogP contribution in [0.15, 0.2) is 18.2 Å². The van der Waals surface area contributed by atoms with E-state index in [0.29, 0.717) is 26.3 Å². The van der Waals surface area contributed by atoms with E-state index in [-0.39, 0.29) is 17.2 Å². The van der Waals surface area contributed by atoms with Gasteiger partial charge in [-0.25, -0.2) is 4.39 Å². The van der Waals surface area contributed by atoms with Gasteiger partial charge in [0.15, 0.2) is 0 Å². The number of amides is 1. The Bertz CT molecular complexity index is 414. The molecule has 0 unspecified atom stereocenters. The summed E-state index contributed by atoms with van der Waals surface area (Å²) in [4.78, 5) is 13.7. The van der Waals surface area contributed by atoms with Gasteiger partial charge in [-0.2, -0.15) is 0 Å². The number of carbonyl (C=O) groups excluding carboxylic acids is 1. The van der Waals surface area contributed by atoms with Gasteiger partial charge >= 0.3 is 0 Å². The average Bonchev–Trinajstić information content (AvgIpc) is 2.56. The zero-order valence-corrected chi connectivity index (χ0v) is 9.36. The number of phenolic OH excluding ortho intramolecular Hbond substituents is 1. The third kappa shape index (κ3) is 2.74. The Morgan fingerprint density at radius 3 is 2.94 bits per heavy atom. The smallest absolute Gasteiger partial charge is 0.257 e. The molecule has 1 aromatic carbocycles. The summed E-state index contributed by atoms with van der Waals surface area (Å²) in [5, 5.41) is 9.54. The Kier molecular flexibility index (Phi) is 3.58. The molecule has 2 rings (SSSR count). The molecule has 1 amide bonds. The molecular formula is C12H14FNO3. The first-order valence-electron chi connectivity index (χ1n) is 5.54. The minimum atomic E-state index is -0.557. The summed E-state index contributed by atoms with van der Waals surface area (Å²) in [7, 11) is 0. The molecule has 1 aliphatic rings. The highest BCUT2D eigenvalue weighted by molar-refractivity contribution is 5.96. The molecule has 1 N–H and O–H groups in total. The summed E-state index contributed by atoms with van der Waals surface area (Å²) >= 11 is 0. The first kappa shape index (κ1) is 11.9. The van der Waals surface area contributed by atoms with Crippen LogP contribution in [-0.4, -0.2) is 42.2 Å². The first-order chi connectivity index (χ1) is 8.18. The van der Waals surface area contributed by atoms with E-state index in [1.807, 2.05) is 0 Å². The van der Waals surface area contributed by atoms with Crippen LogP contribution < -0.4 is 0 Å². The summed E-state index contributed by atoms with van der Waals surface area (Å²) in [6, 6.07) is 3.42. The number of carbonyl (C=O) groups is 1. The van der Waals surface area contributed by atoms with Crippen molar-refractivity contribution in [2.75, 3.05) is 26.3 Å². The summed E-state index contributed by atoms with van der Waals surface area (Å²) in [5.41, 5.74) is 0.133. The van der Waals surface area contributed by atoms with Gasteiger partial charge in [0.05, 0.1) is 12.2 Å². The van der Waals surface area contributed by atoms with Crippen molar-refractivity contribution in [3.05, 3.63) is 29.6 Å². The lowest BCUT2D eigenvalue weighted by Gasteiger charge is -2.20. The van der Waals surface area contributed by atoms with Gasteiger partial charge in [0, 0.05) is 25.8 Å². The topological polar surface area (TPSA) is 49.8 Å². The molecule has 1 aromatic rings. The molecule has 5 heteroatoms. The Morgan fingerprint density at radius 2 is 2.18 bits per heavy atom. The molecule has 1 saturated heterocycles. The molecule has 0 radical (unpaired) electrons. The molecule has 0 spiro atoms. The number of halogens is 1. The van der Waals surface area contributed by atoms with Crippen molar-refractivity contribution in [2.45, 2.75) is 6.42 Å². The van der Waals surface area contributed by atoms with Gasteiger partial charge in [0.25, 0.3) is 5.91 Å². The number of nitrogens with zero attached hydrogens (tertiary/aromatic N) is 1. The molecule has 1 aliphatic heterocycles. The summed E-state index contributed by atoms with van der Waals surface area (Å²) in [6.45, 7) is 2.22. The van der Waals surface area contributed by atoms with Crippen LogP contribution in [0.5, 0.6) is 5.75 Å². The summed E-state index contributed by atoms with van der Waals surface area (Å²) < 4.78 is 18.1. The molecular weight excluding hydrogens is 225 g/mol. The molecule has 4 nitrogen and oxygen atoms in total. The third-order valence-corrected chi connectivity index (χ3v) is 2.70. The SMILES string of the molecule is O=C(c1ccc(F)cc1O)N1CCCOCC1. The number of hydrogen-bond donors (Lipinski definition) is 1. The molecule has 0 aliphatic carbocycles. The number of benzene rings is 1. The van der Waals surface area contributed by atoms with Gasteiger partial charge in [-0.05, 0) is 18.6 Å². The maximum absolute atomic E-state index is 12.8. The predicted octanol–water partition coefficient (Wildman–Crippen LogP) is 1.39. The minimum absolute atomic E-state index is 0.133. The van der Waals surface area contributed by atoms with Gasteiger partial charge in [-0.3, -0.25) is 4.79 Å². The lowest BCUT2D eigenvalue weighted by Crippen LogP contribution is -2.33. The van der Waals surface area contributed by atoms with Gasteiger partial charge in [0.1, 0.15) is 11.6 Å². The molecule has 92 valence electrons. The minimum Gasteiger partial charge on any atom is -0.507 e. The highest BCUT2D eigenvalue weighted by Gasteiger charge is 2.20. The highest BCUT2D eigenvalue weighted by atomic mass is 19.1. The normalized spacial score (nSPS) is 16.6. The Hall–Kier alpha value is -1.62. The van der Waals surface area contributed by atoms with Crippen molar-refractivity contribution in [1.82, 2.24) is 4.90 Å². The second-order valence-corrected chi connectivity index (χ2v) is 3.92. The van der Waals surface area contributed by atoms with E-state index in [9.17, 15) is 14.3 Å². The van der Waals surface area contributed by atoms with Gasteiger partial charge < -0.3 is 14.7 Å². The zero-order chi connectivity index (χ0) is 12.3. The molecule has 1 fully saturated rings. The van der Waals surface area contributed by atoms with Crippen molar-refractivity contribution in [3.8, 4) is 5.75 Å². The van der Waals surface area contributed by atoms with E-state index in [1.54, 1.807) is 4.90 Å². The molecule has 17 heavy (non-hydrogen) atoms. The monoisotopic (exact) mass is 239 g/mol. The van der Waals surface area contributed by atoms with Gasteiger partial charge in [-0.1, -0.05) is 0 Å². The maximum Gasteiger partial charge on any atom is 0.257 e. The number of rotatable bonds is 1. The van der Waals surface area contributed by atoms with Crippen molar-refractivity contribution in [1.29, 1.82) is 0 Å². The lowest BCUT2D eigenvalue weighted by molar-refractivity contribution is 0.0738. The van der Waals surface area contributed by atoms with Crippen LogP contribution in [0.25, 0.3) is 0 Å². The van der Waals surface area contributed by atoms with Gasteiger partial charge in [-0.15, -0.1) is 0 Å². The number of aromatic hydroxyl groups is 1. The maximum atomic E-state index is 12.8. The second kappa shape index (κ2) is 5.14. The number of phenols is 1. The summed E-state index contributed by atoms with van der Waals surface area (Å²) in [5.74, 6) is -1.16. The van der Waals surface area contributed by atoms with Crippen LogP contribution in [-0.2, 0) is 4.74 Å². The van der Waals surface area contributed by atoms with Crippen molar-refractivity contribution < 1.29 is 19.0 Å². The quantitative estimate of drug-likeness (QED) is 0.805. The summed E-state index contributed by atoms with van der Waals surface area (Å²) in [6.07, 6.45) is 0.772. The van der Waals surface area contributed by atoms with Crippen LogP contribution in [0.1, 0.15) is 16.8 Å². The van der Waals surface area contributed by atoms with E-state index < -0.39 is 5.82 Å². The van der Waals surface area contributed by atoms with Crippen LogP contribution in [0.4, 0.5) is 4.39 Å². The fourth-order valence-electron chi connectivity index (χ4n) is 1.81. The van der Waals surface area contributed by atoms with E-state index in [0.717, 1.165) is 12.5 Å². The Morgan fingerprint density at radius 1 is 1.35 bits per heavy atom. The Balaban J connectivity index is 2.17. The van der Waals surface area contributed by atoms with Crippen molar-refractivity contribution in [3.63, 3.8) is 0 Å². The standard InChI is InChI=1S/C12H14FNO3/c13-9-2-3-10(11(15)8-9)12(16)14-4-1-6-17-7-5-14/h2-3,8,15H,1,4-7H2. The molecule has 0 bridgehead atoms. The first-order valence-corrected chi connectivity index (χ1v) is 5.54. The Labute approximate surface area is 98.6 Å². The van der Waals surface area contributed by atoms with E-state index >= 15 is 0 Å². The molecule has 0 aromatic heterocycles. The van der Waals surface area contributed by atoms with Crippen LogP contribution in [0.2, 0.25) is 0 Å². The predicted molar refractivity (Wildman–Crippen MR) is 59.4 cm³/mol. The molecule has 0 atom stereocenters. The zero-order valence-electron chi connectivity index (χ0n) is 9.36. The van der Waals surface area contributed by atoms with E-state index in [2.05, 4.69) is 0 Å². The van der Waals surface area contributed by atoms with Crippen molar-refractivity contribution in [2.24, 2.45) is 0 Å². The second-order valence-electron chi connectivity index (χ2n) is 3.92. The fraction of sp³-hybridized carbons (Fsp3) is 0.417. The van der Waals surface area contributed by atoms with E-state index in [1.165, 1.54) is 12.1 Å². The number of ether oxygens (including phenoxy) is 1. The fourth-order valence-corrected chi connectivity index (χ4v) is 1.81. The van der Waals surface area contributed by atoms with E-state index in [4.69, 9.17) is 4.74 Å². The largest absolute Gasteiger partial charge is 0.507 e. The third-order valence-electron chi connectivity index (χ3n) is 2.70. The van der Waals surface area contributed by atoms with Crippen LogP contribution in [0.3, 0.4) is 0 Å². The van der Waals surface area contributed by atoms with Gasteiger partial charge in [0.2, 0.25) is 0 Å². The highest BCUT2D eigenvalue weighted by Crippen LogP contribution is 2.20. The lowest BCUT2D eigenvalue weighted by atomic mass is 10.1.